The highest BCUT2D eigenvalue weighted by Crippen LogP contribution is 2.32. The van der Waals surface area contributed by atoms with Crippen LogP contribution in [0.15, 0.2) is 18.7 Å². The van der Waals surface area contributed by atoms with Crippen molar-refractivity contribution in [2.75, 3.05) is 0 Å². The first-order valence-corrected chi connectivity index (χ1v) is 9.83. The van der Waals surface area contributed by atoms with Crippen LogP contribution >= 0.6 is 0 Å². The van der Waals surface area contributed by atoms with Crippen molar-refractivity contribution in [1.82, 2.24) is 24.8 Å². The zero-order valence-electron chi connectivity index (χ0n) is 16.0. The summed E-state index contributed by atoms with van der Waals surface area (Å²) in [6.07, 6.45) is 11.5. The van der Waals surface area contributed by atoms with Crippen molar-refractivity contribution < 1.29 is 9.90 Å². The summed E-state index contributed by atoms with van der Waals surface area (Å²) in [5.41, 5.74) is 1.82. The molecule has 1 amide bonds. The minimum atomic E-state index is -0.651. The topological polar surface area (TPSA) is 92.9 Å². The van der Waals surface area contributed by atoms with Crippen LogP contribution in [0.25, 0.3) is 5.95 Å². The fourth-order valence-electron chi connectivity index (χ4n) is 4.30. The zero-order chi connectivity index (χ0) is 19.0. The van der Waals surface area contributed by atoms with Gasteiger partial charge in [-0.15, -0.1) is 0 Å². The molecule has 0 aromatic carbocycles. The Morgan fingerprint density at radius 1 is 1.22 bits per heavy atom. The van der Waals surface area contributed by atoms with Gasteiger partial charge in [0.2, 0.25) is 5.95 Å². The predicted molar refractivity (Wildman–Crippen MR) is 101 cm³/mol. The van der Waals surface area contributed by atoms with Crippen LogP contribution < -0.4 is 5.32 Å². The van der Waals surface area contributed by atoms with Crippen molar-refractivity contribution in [2.45, 2.75) is 70.4 Å². The van der Waals surface area contributed by atoms with Gasteiger partial charge in [-0.2, -0.15) is 0 Å². The highest BCUT2D eigenvalue weighted by Gasteiger charge is 2.32. The largest absolute Gasteiger partial charge is 0.390 e. The molecule has 0 atom stereocenters. The van der Waals surface area contributed by atoms with Gasteiger partial charge in [-0.05, 0) is 64.7 Å². The van der Waals surface area contributed by atoms with E-state index < -0.39 is 5.60 Å². The van der Waals surface area contributed by atoms with E-state index >= 15 is 0 Å². The molecule has 1 saturated carbocycles. The molecule has 0 saturated heterocycles. The SMILES string of the molecule is CC(C)(O)[C@H]1CC[C@H](NC(=O)c2nc(-n3ccnc3)nc3c2CCC3)CC1. The van der Waals surface area contributed by atoms with E-state index in [9.17, 15) is 9.90 Å². The summed E-state index contributed by atoms with van der Waals surface area (Å²) in [5, 5.41) is 13.4. The van der Waals surface area contributed by atoms with Crippen LogP contribution in [-0.4, -0.2) is 42.2 Å². The minimum Gasteiger partial charge on any atom is -0.390 e. The number of hydrogen-bond acceptors (Lipinski definition) is 5. The number of hydrogen-bond donors (Lipinski definition) is 2. The minimum absolute atomic E-state index is 0.108. The maximum Gasteiger partial charge on any atom is 0.270 e. The van der Waals surface area contributed by atoms with E-state index in [4.69, 9.17) is 0 Å². The number of fused-ring (bicyclic) bond motifs is 1. The summed E-state index contributed by atoms with van der Waals surface area (Å²) in [5.74, 6) is 0.689. The molecule has 0 radical (unpaired) electrons. The van der Waals surface area contributed by atoms with Crippen LogP contribution in [0.3, 0.4) is 0 Å². The number of aliphatic hydroxyl groups is 1. The molecule has 2 aliphatic carbocycles. The molecule has 2 aromatic rings. The number of amides is 1. The number of carbonyl (C=O) groups is 1. The summed E-state index contributed by atoms with van der Waals surface area (Å²) in [4.78, 5) is 26.2. The third kappa shape index (κ3) is 3.74. The number of nitrogens with one attached hydrogen (secondary N) is 1. The Labute approximate surface area is 159 Å². The lowest BCUT2D eigenvalue weighted by Gasteiger charge is -2.36. The van der Waals surface area contributed by atoms with Gasteiger partial charge in [0.1, 0.15) is 12.0 Å². The first-order chi connectivity index (χ1) is 12.9. The zero-order valence-corrected chi connectivity index (χ0v) is 16.0. The summed E-state index contributed by atoms with van der Waals surface area (Å²) < 4.78 is 1.74. The molecule has 2 aromatic heterocycles. The smallest absolute Gasteiger partial charge is 0.270 e. The Morgan fingerprint density at radius 2 is 2.00 bits per heavy atom. The van der Waals surface area contributed by atoms with Crippen molar-refractivity contribution >= 4 is 5.91 Å². The van der Waals surface area contributed by atoms with Gasteiger partial charge in [-0.1, -0.05) is 0 Å². The molecule has 7 nitrogen and oxygen atoms in total. The van der Waals surface area contributed by atoms with Gasteiger partial charge in [0.05, 0.1) is 5.60 Å². The molecular formula is C20H27N5O2. The third-order valence-electron chi connectivity index (χ3n) is 5.93. The highest BCUT2D eigenvalue weighted by molar-refractivity contribution is 5.94. The quantitative estimate of drug-likeness (QED) is 0.862. The van der Waals surface area contributed by atoms with Crippen LogP contribution in [0, 0.1) is 5.92 Å². The molecule has 0 bridgehead atoms. The van der Waals surface area contributed by atoms with Gasteiger partial charge in [-0.25, -0.2) is 15.0 Å². The molecule has 4 rings (SSSR count). The summed E-state index contributed by atoms with van der Waals surface area (Å²) >= 11 is 0. The van der Waals surface area contributed by atoms with Crippen LogP contribution in [-0.2, 0) is 12.8 Å². The fourth-order valence-corrected chi connectivity index (χ4v) is 4.30. The molecule has 2 N–H and O–H groups in total. The number of carbonyl (C=O) groups excluding carboxylic acids is 1. The second-order valence-electron chi connectivity index (χ2n) is 8.30. The molecule has 0 unspecified atom stereocenters. The van der Waals surface area contributed by atoms with Crippen molar-refractivity contribution in [1.29, 1.82) is 0 Å². The van der Waals surface area contributed by atoms with Gasteiger partial charge in [-0.3, -0.25) is 9.36 Å². The Balaban J connectivity index is 1.51. The summed E-state index contributed by atoms with van der Waals surface area (Å²) in [6, 6.07) is 0.139. The Morgan fingerprint density at radius 3 is 2.67 bits per heavy atom. The van der Waals surface area contributed by atoms with Gasteiger partial charge in [0, 0.05) is 29.7 Å². The molecule has 27 heavy (non-hydrogen) atoms. The second kappa shape index (κ2) is 7.03. The van der Waals surface area contributed by atoms with Crippen LogP contribution in [0.1, 0.15) is 67.7 Å². The lowest BCUT2D eigenvalue weighted by atomic mass is 9.77. The normalized spacial score (nSPS) is 22.5. The number of aryl methyl sites for hydroxylation is 1. The first-order valence-electron chi connectivity index (χ1n) is 9.83. The Bertz CT molecular complexity index is 818. The molecule has 144 valence electrons. The molecule has 2 heterocycles. The van der Waals surface area contributed by atoms with Crippen molar-refractivity contribution in [2.24, 2.45) is 5.92 Å². The predicted octanol–water partition coefficient (Wildman–Crippen LogP) is 2.21. The lowest BCUT2D eigenvalue weighted by molar-refractivity contribution is -0.00258. The van der Waals surface area contributed by atoms with E-state index in [1.807, 2.05) is 13.8 Å². The average molecular weight is 369 g/mol. The number of imidazole rings is 1. The van der Waals surface area contributed by atoms with E-state index in [1.165, 1.54) is 0 Å². The Hall–Kier alpha value is -2.28. The standard InChI is InChI=1S/C20H27N5O2/c1-20(2,27)13-6-8-14(9-7-13)22-18(26)17-15-4-3-5-16(15)23-19(24-17)25-11-10-21-12-25/h10-14,27H,3-9H2,1-2H3,(H,22,26)/t13-,14-. The van der Waals surface area contributed by atoms with Crippen molar-refractivity contribution in [3.05, 3.63) is 35.7 Å². The highest BCUT2D eigenvalue weighted by atomic mass is 16.3. The van der Waals surface area contributed by atoms with Crippen LogP contribution in [0.5, 0.6) is 0 Å². The average Bonchev–Trinajstić information content (AvgIpc) is 3.32. The van der Waals surface area contributed by atoms with E-state index in [0.717, 1.165) is 56.2 Å². The molecule has 2 aliphatic rings. The number of nitrogens with zero attached hydrogens (tertiary/aromatic N) is 4. The molecule has 0 spiro atoms. The third-order valence-corrected chi connectivity index (χ3v) is 5.93. The van der Waals surface area contributed by atoms with Gasteiger partial charge in [0.25, 0.3) is 5.91 Å². The van der Waals surface area contributed by atoms with E-state index in [1.54, 1.807) is 23.3 Å². The molecular weight excluding hydrogens is 342 g/mol. The monoisotopic (exact) mass is 369 g/mol. The van der Waals surface area contributed by atoms with E-state index in [-0.39, 0.29) is 11.9 Å². The maximum atomic E-state index is 13.0. The van der Waals surface area contributed by atoms with E-state index in [0.29, 0.717) is 17.6 Å². The van der Waals surface area contributed by atoms with Gasteiger partial charge >= 0.3 is 0 Å². The first kappa shape index (κ1) is 18.1. The molecule has 1 fully saturated rings. The number of aromatic nitrogens is 4. The van der Waals surface area contributed by atoms with E-state index in [2.05, 4.69) is 20.3 Å². The fraction of sp³-hybridized carbons (Fsp3) is 0.600. The number of rotatable bonds is 4. The van der Waals surface area contributed by atoms with Crippen molar-refractivity contribution in [3.63, 3.8) is 0 Å². The molecule has 7 heteroatoms. The van der Waals surface area contributed by atoms with Gasteiger partial charge < -0.3 is 10.4 Å². The maximum absolute atomic E-state index is 13.0. The van der Waals surface area contributed by atoms with Crippen LogP contribution in [0.4, 0.5) is 0 Å². The van der Waals surface area contributed by atoms with Crippen LogP contribution in [0.2, 0.25) is 0 Å². The summed E-state index contributed by atoms with van der Waals surface area (Å²) in [6.45, 7) is 3.75. The summed E-state index contributed by atoms with van der Waals surface area (Å²) in [7, 11) is 0. The van der Waals surface area contributed by atoms with Crippen molar-refractivity contribution in [3.8, 4) is 5.95 Å². The van der Waals surface area contributed by atoms with Gasteiger partial charge in [0.15, 0.2) is 0 Å². The lowest BCUT2D eigenvalue weighted by Crippen LogP contribution is -2.42. The Kier molecular flexibility index (Phi) is 4.72. The second-order valence-corrected chi connectivity index (χ2v) is 8.30. The molecule has 0 aliphatic heterocycles.